The van der Waals surface area contributed by atoms with Gasteiger partial charge in [0.2, 0.25) is 0 Å². The maximum Gasteiger partial charge on any atom is 0.166 e. The van der Waals surface area contributed by atoms with E-state index >= 15 is 0 Å². The number of piperidine rings is 1. The van der Waals surface area contributed by atoms with Crippen LogP contribution in [0.5, 0.6) is 11.5 Å². The quantitative estimate of drug-likeness (QED) is 0.830. The van der Waals surface area contributed by atoms with Crippen LogP contribution in [-0.2, 0) is 18.3 Å². The van der Waals surface area contributed by atoms with Crippen molar-refractivity contribution in [2.75, 3.05) is 20.7 Å². The SMILES string of the molecule is COc1ccc2c3c1O[C@H]1c4nc(C)ncc4C[C@@]4(O)[C@@H](C2)N(C)CC[C@]314. The van der Waals surface area contributed by atoms with Crippen LogP contribution in [-0.4, -0.2) is 52.3 Å². The Morgan fingerprint density at radius 2 is 2.19 bits per heavy atom. The molecule has 0 amide bonds. The number of rotatable bonds is 1. The van der Waals surface area contributed by atoms with Gasteiger partial charge in [0.1, 0.15) is 5.82 Å². The first-order chi connectivity index (χ1) is 13.0. The molecule has 1 saturated heterocycles. The summed E-state index contributed by atoms with van der Waals surface area (Å²) in [5.74, 6) is 2.28. The molecule has 1 fully saturated rings. The van der Waals surface area contributed by atoms with Crippen molar-refractivity contribution in [1.82, 2.24) is 14.9 Å². The van der Waals surface area contributed by atoms with Crippen molar-refractivity contribution in [1.29, 1.82) is 0 Å². The Kier molecular flexibility index (Phi) is 2.82. The third-order valence-electron chi connectivity index (χ3n) is 7.41. The lowest BCUT2D eigenvalue weighted by Gasteiger charge is -2.62. The minimum atomic E-state index is -0.902. The molecule has 6 nitrogen and oxygen atoms in total. The minimum absolute atomic E-state index is 0.0543. The van der Waals surface area contributed by atoms with E-state index in [1.54, 1.807) is 7.11 Å². The maximum atomic E-state index is 12.2. The number of nitrogens with zero attached hydrogens (tertiary/aromatic N) is 3. The Balaban J connectivity index is 1.72. The van der Waals surface area contributed by atoms with Crippen molar-refractivity contribution in [3.05, 3.63) is 46.5 Å². The van der Waals surface area contributed by atoms with Crippen LogP contribution in [0.15, 0.2) is 18.3 Å². The predicted molar refractivity (Wildman–Crippen MR) is 98.2 cm³/mol. The van der Waals surface area contributed by atoms with Gasteiger partial charge in [0.05, 0.1) is 23.8 Å². The van der Waals surface area contributed by atoms with Crippen molar-refractivity contribution in [2.45, 2.75) is 49.3 Å². The van der Waals surface area contributed by atoms with E-state index in [1.165, 1.54) is 5.56 Å². The molecule has 1 N–H and O–H groups in total. The fourth-order valence-electron chi connectivity index (χ4n) is 6.24. The van der Waals surface area contributed by atoms with Crippen LogP contribution in [0.3, 0.4) is 0 Å². The number of hydrogen-bond acceptors (Lipinski definition) is 6. The standard InChI is InChI=1S/C21H23N3O3/c1-11-22-10-13-9-21(25)15-8-12-4-5-14(26-3)18-16(12)20(21,6-7-24(15)2)19(27-18)17(13)23-11/h4-5,10,15,19,25H,6-9H2,1-3H3/t15-,19+,20+,21-/m1/s1. The Hall–Kier alpha value is -2.18. The first-order valence-electron chi connectivity index (χ1n) is 9.61. The first kappa shape index (κ1) is 15.8. The zero-order chi connectivity index (χ0) is 18.6. The smallest absolute Gasteiger partial charge is 0.166 e. The van der Waals surface area contributed by atoms with Crippen LogP contribution in [0.4, 0.5) is 0 Å². The molecule has 2 bridgehead atoms. The fourth-order valence-corrected chi connectivity index (χ4v) is 6.24. The van der Waals surface area contributed by atoms with Crippen LogP contribution in [0.2, 0.25) is 0 Å². The molecule has 0 radical (unpaired) electrons. The molecule has 27 heavy (non-hydrogen) atoms. The molecule has 140 valence electrons. The normalized spacial score (nSPS) is 35.3. The van der Waals surface area contributed by atoms with Crippen LogP contribution in [0, 0.1) is 6.92 Å². The number of hydrogen-bond donors (Lipinski definition) is 1. The van der Waals surface area contributed by atoms with Crippen LogP contribution >= 0.6 is 0 Å². The van der Waals surface area contributed by atoms with Gasteiger partial charge in [-0.1, -0.05) is 6.07 Å². The summed E-state index contributed by atoms with van der Waals surface area (Å²) < 4.78 is 12.2. The van der Waals surface area contributed by atoms with Gasteiger partial charge in [-0.2, -0.15) is 0 Å². The second kappa shape index (κ2) is 4.80. The molecular weight excluding hydrogens is 342 g/mol. The zero-order valence-corrected chi connectivity index (χ0v) is 15.8. The van der Waals surface area contributed by atoms with Crippen molar-refractivity contribution in [2.24, 2.45) is 0 Å². The molecule has 6 rings (SSSR count). The van der Waals surface area contributed by atoms with Crippen molar-refractivity contribution < 1.29 is 14.6 Å². The van der Waals surface area contributed by atoms with Gasteiger partial charge in [-0.25, -0.2) is 9.97 Å². The molecule has 4 aliphatic rings. The highest BCUT2D eigenvalue weighted by Gasteiger charge is 2.72. The van der Waals surface area contributed by atoms with Gasteiger partial charge >= 0.3 is 0 Å². The van der Waals surface area contributed by atoms with Crippen LogP contribution < -0.4 is 9.47 Å². The third-order valence-corrected chi connectivity index (χ3v) is 7.41. The number of likely N-dealkylation sites (tertiary alicyclic amines) is 1. The number of likely N-dealkylation sites (N-methyl/N-ethyl adjacent to an activating group) is 1. The number of methoxy groups -OCH3 is 1. The Morgan fingerprint density at radius 3 is 3.00 bits per heavy atom. The summed E-state index contributed by atoms with van der Waals surface area (Å²) in [7, 11) is 3.80. The number of fused-ring (bicyclic) bond motifs is 2. The molecule has 4 atom stereocenters. The lowest BCUT2D eigenvalue weighted by molar-refractivity contribution is -0.168. The fraction of sp³-hybridized carbons (Fsp3) is 0.524. The van der Waals surface area contributed by atoms with Gasteiger partial charge in [-0.15, -0.1) is 0 Å². The molecule has 0 unspecified atom stereocenters. The van der Waals surface area contributed by atoms with E-state index in [9.17, 15) is 5.11 Å². The summed E-state index contributed by atoms with van der Waals surface area (Å²) in [5, 5.41) is 12.2. The van der Waals surface area contributed by atoms with Gasteiger partial charge in [-0.05, 0) is 50.6 Å². The van der Waals surface area contributed by atoms with E-state index < -0.39 is 11.0 Å². The maximum absolute atomic E-state index is 12.2. The average molecular weight is 365 g/mol. The molecule has 1 aromatic carbocycles. The molecule has 2 aromatic rings. The lowest BCUT2D eigenvalue weighted by Crippen LogP contribution is -2.74. The highest BCUT2D eigenvalue weighted by molar-refractivity contribution is 5.64. The Bertz CT molecular complexity index is 993. The number of ether oxygens (including phenoxy) is 2. The first-order valence-corrected chi connectivity index (χ1v) is 9.61. The van der Waals surface area contributed by atoms with E-state index in [4.69, 9.17) is 14.5 Å². The lowest BCUT2D eigenvalue weighted by atomic mass is 9.49. The monoisotopic (exact) mass is 365 g/mol. The van der Waals surface area contributed by atoms with E-state index in [-0.39, 0.29) is 12.1 Å². The summed E-state index contributed by atoms with van der Waals surface area (Å²) in [6.07, 6.45) is 3.80. The number of aryl methyl sites for hydroxylation is 1. The molecular formula is C21H23N3O3. The summed E-state index contributed by atoms with van der Waals surface area (Å²) in [4.78, 5) is 11.5. The van der Waals surface area contributed by atoms with Crippen molar-refractivity contribution >= 4 is 0 Å². The molecule has 2 aliphatic heterocycles. The summed E-state index contributed by atoms with van der Waals surface area (Å²) in [5.41, 5.74) is 2.97. The average Bonchev–Trinajstić information content (AvgIpc) is 3.00. The molecule has 6 heteroatoms. The minimum Gasteiger partial charge on any atom is -0.493 e. The van der Waals surface area contributed by atoms with Gasteiger partial charge in [0.15, 0.2) is 17.6 Å². The van der Waals surface area contributed by atoms with Crippen molar-refractivity contribution in [3.8, 4) is 11.5 Å². The van der Waals surface area contributed by atoms with E-state index in [1.807, 2.05) is 19.2 Å². The largest absolute Gasteiger partial charge is 0.493 e. The molecule has 1 spiro atoms. The third kappa shape index (κ3) is 1.61. The Morgan fingerprint density at radius 1 is 1.33 bits per heavy atom. The summed E-state index contributed by atoms with van der Waals surface area (Å²) in [6, 6.07) is 4.20. The molecule has 0 saturated carbocycles. The van der Waals surface area contributed by atoms with E-state index in [0.29, 0.717) is 6.42 Å². The summed E-state index contributed by atoms with van der Waals surface area (Å²) >= 11 is 0. The van der Waals surface area contributed by atoms with Crippen LogP contribution in [0.25, 0.3) is 0 Å². The highest BCUT2D eigenvalue weighted by atomic mass is 16.5. The van der Waals surface area contributed by atoms with Gasteiger partial charge < -0.3 is 19.5 Å². The number of aromatic nitrogens is 2. The molecule has 3 heterocycles. The number of aliphatic hydroxyl groups is 1. The molecule has 1 aromatic heterocycles. The van der Waals surface area contributed by atoms with Gasteiger partial charge in [0.25, 0.3) is 0 Å². The number of benzene rings is 1. The van der Waals surface area contributed by atoms with Crippen LogP contribution in [0.1, 0.15) is 40.7 Å². The van der Waals surface area contributed by atoms with E-state index in [0.717, 1.165) is 53.5 Å². The Labute approximate surface area is 158 Å². The van der Waals surface area contributed by atoms with E-state index in [2.05, 4.69) is 23.0 Å². The highest BCUT2D eigenvalue weighted by Crippen LogP contribution is 2.68. The predicted octanol–water partition coefficient (Wildman–Crippen LogP) is 1.71. The second-order valence-electron chi connectivity index (χ2n) is 8.48. The zero-order valence-electron chi connectivity index (χ0n) is 15.8. The molecule has 2 aliphatic carbocycles. The topological polar surface area (TPSA) is 67.7 Å². The van der Waals surface area contributed by atoms with Crippen molar-refractivity contribution in [3.63, 3.8) is 0 Å². The van der Waals surface area contributed by atoms with Gasteiger partial charge in [0, 0.05) is 24.2 Å². The second-order valence-corrected chi connectivity index (χ2v) is 8.48. The summed E-state index contributed by atoms with van der Waals surface area (Å²) in [6.45, 7) is 2.84. The van der Waals surface area contributed by atoms with Gasteiger partial charge in [-0.3, -0.25) is 0 Å².